The van der Waals surface area contributed by atoms with Crippen molar-refractivity contribution in [1.82, 2.24) is 4.98 Å². The average Bonchev–Trinajstić information content (AvgIpc) is 2.16. The maximum Gasteiger partial charge on any atom is 0.354 e. The zero-order chi connectivity index (χ0) is 12.5. The molecule has 0 aliphatic rings. The zero-order valence-electron chi connectivity index (χ0n) is 7.42. The first-order valence-electron chi connectivity index (χ1n) is 3.74. The first kappa shape index (κ1) is 11.8. The second-order valence-electron chi connectivity index (χ2n) is 2.62. The lowest BCUT2D eigenvalue weighted by Crippen LogP contribution is -2.06. The zero-order valence-corrected chi connectivity index (χ0v) is 7.42. The first-order valence-corrected chi connectivity index (χ1v) is 3.74. The van der Waals surface area contributed by atoms with E-state index in [1.807, 2.05) is 0 Å². The summed E-state index contributed by atoms with van der Waals surface area (Å²) in [6.45, 7) is 0. The number of nitro groups is 1. The predicted molar refractivity (Wildman–Crippen MR) is 44.5 cm³/mol. The maximum atomic E-state index is 12.3. The summed E-state index contributed by atoms with van der Waals surface area (Å²) in [5.41, 5.74) is -3.38. The van der Waals surface area contributed by atoms with Crippen LogP contribution in [0.15, 0.2) is 6.07 Å². The van der Waals surface area contributed by atoms with Crippen LogP contribution >= 0.6 is 0 Å². The third kappa shape index (κ3) is 2.02. The number of carboxylic acid groups (broad SMARTS) is 1. The number of carbonyl (C=O) groups is 1. The fourth-order valence-corrected chi connectivity index (χ4v) is 0.945. The largest absolute Gasteiger partial charge is 0.501 e. The molecular weight excluding hydrogens is 230 g/mol. The van der Waals surface area contributed by atoms with Crippen LogP contribution in [0, 0.1) is 10.1 Å². The molecule has 7 nitrogen and oxygen atoms in total. The monoisotopic (exact) mass is 234 g/mol. The highest BCUT2D eigenvalue weighted by Crippen LogP contribution is 2.34. The van der Waals surface area contributed by atoms with Gasteiger partial charge in [0.2, 0.25) is 5.75 Å². The summed E-state index contributed by atoms with van der Waals surface area (Å²) < 4.78 is 24.6. The van der Waals surface area contributed by atoms with E-state index in [0.29, 0.717) is 6.07 Å². The Bertz CT molecular complexity index is 462. The number of aromatic hydroxyl groups is 1. The molecule has 0 saturated heterocycles. The minimum absolute atomic E-state index is 0.406. The van der Waals surface area contributed by atoms with Crippen molar-refractivity contribution in [2.24, 2.45) is 0 Å². The lowest BCUT2D eigenvalue weighted by Gasteiger charge is -2.04. The highest BCUT2D eigenvalue weighted by molar-refractivity contribution is 5.86. The van der Waals surface area contributed by atoms with Crippen molar-refractivity contribution in [1.29, 1.82) is 0 Å². The number of halogens is 2. The van der Waals surface area contributed by atoms with Crippen molar-refractivity contribution in [3.63, 3.8) is 0 Å². The molecule has 0 saturated carbocycles. The van der Waals surface area contributed by atoms with E-state index in [1.54, 1.807) is 0 Å². The van der Waals surface area contributed by atoms with Gasteiger partial charge in [0.05, 0.1) is 11.0 Å². The van der Waals surface area contributed by atoms with Gasteiger partial charge in [-0.1, -0.05) is 0 Å². The molecular formula is C7H4F2N2O5. The standard InChI is InChI=1S/C7H4F2N2O5/c8-6(9)4-5(12)3(11(15)16)1-2(10-4)7(13)14/h1,6,12H,(H,13,14). The van der Waals surface area contributed by atoms with Crippen molar-refractivity contribution >= 4 is 11.7 Å². The number of rotatable bonds is 3. The van der Waals surface area contributed by atoms with E-state index in [-0.39, 0.29) is 0 Å². The van der Waals surface area contributed by atoms with Crippen molar-refractivity contribution in [2.75, 3.05) is 0 Å². The van der Waals surface area contributed by atoms with Crippen molar-refractivity contribution in [2.45, 2.75) is 6.43 Å². The van der Waals surface area contributed by atoms with Crippen LogP contribution in [-0.2, 0) is 0 Å². The predicted octanol–water partition coefficient (Wildman–Crippen LogP) is 1.33. The first-order chi connectivity index (χ1) is 7.34. The Kier molecular flexibility index (Phi) is 2.97. The minimum atomic E-state index is -3.31. The Morgan fingerprint density at radius 2 is 2.12 bits per heavy atom. The second kappa shape index (κ2) is 4.04. The van der Waals surface area contributed by atoms with Crippen molar-refractivity contribution in [3.05, 3.63) is 27.6 Å². The Balaban J connectivity index is 3.51. The number of aromatic carboxylic acids is 1. The minimum Gasteiger partial charge on any atom is -0.501 e. The molecule has 2 N–H and O–H groups in total. The maximum absolute atomic E-state index is 12.3. The summed E-state index contributed by atoms with van der Waals surface area (Å²) in [5.74, 6) is -3.03. The van der Waals surface area contributed by atoms with Gasteiger partial charge in [-0.15, -0.1) is 0 Å². The van der Waals surface area contributed by atoms with Gasteiger partial charge in [0.15, 0.2) is 11.4 Å². The van der Waals surface area contributed by atoms with Crippen LogP contribution in [0.1, 0.15) is 22.6 Å². The van der Waals surface area contributed by atoms with Gasteiger partial charge in [0.25, 0.3) is 6.43 Å². The molecule has 0 atom stereocenters. The van der Waals surface area contributed by atoms with Gasteiger partial charge in [-0.3, -0.25) is 10.1 Å². The summed E-state index contributed by atoms with van der Waals surface area (Å²) >= 11 is 0. The Morgan fingerprint density at radius 1 is 1.56 bits per heavy atom. The molecule has 0 amide bonds. The van der Waals surface area contributed by atoms with E-state index in [9.17, 15) is 23.7 Å². The molecule has 0 aliphatic heterocycles. The van der Waals surface area contributed by atoms with E-state index in [1.165, 1.54) is 0 Å². The van der Waals surface area contributed by atoms with Gasteiger partial charge >= 0.3 is 11.7 Å². The van der Waals surface area contributed by atoms with Gasteiger partial charge in [0, 0.05) is 0 Å². The molecule has 0 radical (unpaired) electrons. The van der Waals surface area contributed by atoms with Crippen LogP contribution in [0.5, 0.6) is 5.75 Å². The summed E-state index contributed by atoms with van der Waals surface area (Å²) in [4.78, 5) is 22.5. The van der Waals surface area contributed by atoms with Gasteiger partial charge < -0.3 is 10.2 Å². The van der Waals surface area contributed by atoms with Crippen LogP contribution in [-0.4, -0.2) is 26.1 Å². The van der Waals surface area contributed by atoms with Crippen LogP contribution in [0.25, 0.3) is 0 Å². The molecule has 0 aliphatic carbocycles. The molecule has 0 fully saturated rings. The molecule has 0 spiro atoms. The van der Waals surface area contributed by atoms with Crippen LogP contribution < -0.4 is 0 Å². The third-order valence-electron chi connectivity index (χ3n) is 1.62. The van der Waals surface area contributed by atoms with Gasteiger partial charge in [0.1, 0.15) is 0 Å². The van der Waals surface area contributed by atoms with Gasteiger partial charge in [-0.25, -0.2) is 18.6 Å². The average molecular weight is 234 g/mol. The molecule has 1 aromatic heterocycles. The number of hydrogen-bond donors (Lipinski definition) is 2. The SMILES string of the molecule is O=C(O)c1cc([N+](=O)[O-])c(O)c(C(F)F)n1. The van der Waals surface area contributed by atoms with E-state index < -0.39 is 40.1 Å². The normalized spacial score (nSPS) is 10.4. The lowest BCUT2D eigenvalue weighted by atomic mass is 10.2. The smallest absolute Gasteiger partial charge is 0.354 e. The van der Waals surface area contributed by atoms with E-state index in [4.69, 9.17) is 10.2 Å². The molecule has 1 heterocycles. The second-order valence-corrected chi connectivity index (χ2v) is 2.62. The van der Waals surface area contributed by atoms with Crippen LogP contribution in [0.2, 0.25) is 0 Å². The highest BCUT2D eigenvalue weighted by atomic mass is 19.3. The Morgan fingerprint density at radius 3 is 2.50 bits per heavy atom. The quantitative estimate of drug-likeness (QED) is 0.602. The van der Waals surface area contributed by atoms with E-state index >= 15 is 0 Å². The summed E-state index contributed by atoms with van der Waals surface area (Å²) in [6, 6.07) is 0.406. The van der Waals surface area contributed by atoms with Crippen molar-refractivity contribution < 1.29 is 28.7 Å². The molecule has 0 bridgehead atoms. The Labute approximate surface area is 86.1 Å². The van der Waals surface area contributed by atoms with Crippen LogP contribution in [0.4, 0.5) is 14.5 Å². The summed E-state index contributed by atoms with van der Waals surface area (Å²) in [5, 5.41) is 27.9. The number of pyridine rings is 1. The van der Waals surface area contributed by atoms with Crippen molar-refractivity contribution in [3.8, 4) is 5.75 Å². The number of nitrogens with zero attached hydrogens (tertiary/aromatic N) is 2. The fraction of sp³-hybridized carbons (Fsp3) is 0.143. The molecule has 1 rings (SSSR count). The van der Waals surface area contributed by atoms with E-state index in [0.717, 1.165) is 0 Å². The summed E-state index contributed by atoms with van der Waals surface area (Å²) in [7, 11) is 0. The molecule has 0 aromatic carbocycles. The molecule has 1 aromatic rings. The highest BCUT2D eigenvalue weighted by Gasteiger charge is 2.27. The van der Waals surface area contributed by atoms with Gasteiger partial charge in [-0.2, -0.15) is 0 Å². The molecule has 0 unspecified atom stereocenters. The number of aromatic nitrogens is 1. The molecule has 9 heteroatoms. The lowest BCUT2D eigenvalue weighted by molar-refractivity contribution is -0.386. The number of carboxylic acids is 1. The van der Waals surface area contributed by atoms with E-state index in [2.05, 4.69) is 4.98 Å². The molecule has 86 valence electrons. The molecule has 16 heavy (non-hydrogen) atoms. The third-order valence-corrected chi connectivity index (χ3v) is 1.62. The fourth-order valence-electron chi connectivity index (χ4n) is 0.945. The number of hydrogen-bond acceptors (Lipinski definition) is 5. The number of alkyl halides is 2. The Hall–Kier alpha value is -2.32. The van der Waals surface area contributed by atoms with Gasteiger partial charge in [-0.05, 0) is 0 Å². The van der Waals surface area contributed by atoms with Crippen LogP contribution in [0.3, 0.4) is 0 Å². The summed E-state index contributed by atoms with van der Waals surface area (Å²) in [6.07, 6.45) is -3.31. The topological polar surface area (TPSA) is 114 Å².